The van der Waals surface area contributed by atoms with Crippen LogP contribution in [0.5, 0.6) is 0 Å². The van der Waals surface area contributed by atoms with Crippen LogP contribution in [0.3, 0.4) is 0 Å². The van der Waals surface area contributed by atoms with Gasteiger partial charge in [0.2, 0.25) is 5.91 Å². The Morgan fingerprint density at radius 2 is 1.89 bits per heavy atom. The summed E-state index contributed by atoms with van der Waals surface area (Å²) in [5, 5.41) is 0. The number of hydrogen-bond acceptors (Lipinski definition) is 3. The number of nitrogens with zero attached hydrogens (tertiary/aromatic N) is 4. The van der Waals surface area contributed by atoms with E-state index in [4.69, 9.17) is 0 Å². The molecule has 2 aromatic heterocycles. The maximum atomic E-state index is 12.9. The minimum Gasteiger partial charge on any atom is -0.331 e. The first-order valence-electron chi connectivity index (χ1n) is 8.63. The number of pyridine rings is 1. The van der Waals surface area contributed by atoms with E-state index in [0.29, 0.717) is 17.9 Å². The normalized spacial score (nSPS) is 11.4. The van der Waals surface area contributed by atoms with Gasteiger partial charge in [-0.25, -0.2) is 4.98 Å². The Labute approximate surface area is 160 Å². The molecule has 8 heteroatoms. The smallest absolute Gasteiger partial charge is 0.331 e. The maximum Gasteiger partial charge on any atom is 0.416 e. The molecule has 0 aliphatic heterocycles. The highest BCUT2D eigenvalue weighted by Gasteiger charge is 2.30. The molecule has 0 bridgehead atoms. The number of hydrogen-bond donors (Lipinski definition) is 0. The van der Waals surface area contributed by atoms with Crippen LogP contribution in [0.25, 0.3) is 0 Å². The molecule has 0 saturated carbocycles. The molecular weight excluding hydrogens is 369 g/mol. The number of halogens is 3. The lowest BCUT2D eigenvalue weighted by molar-refractivity contribution is -0.137. The molecule has 28 heavy (non-hydrogen) atoms. The fourth-order valence-corrected chi connectivity index (χ4v) is 2.84. The summed E-state index contributed by atoms with van der Waals surface area (Å²) in [4.78, 5) is 22.0. The van der Waals surface area contributed by atoms with E-state index in [1.807, 2.05) is 6.07 Å². The molecule has 0 atom stereocenters. The monoisotopic (exact) mass is 388 g/mol. The van der Waals surface area contributed by atoms with Gasteiger partial charge in [-0.15, -0.1) is 0 Å². The Hall–Kier alpha value is -3.16. The van der Waals surface area contributed by atoms with Crippen LogP contribution in [-0.2, 0) is 30.6 Å². The van der Waals surface area contributed by atoms with Gasteiger partial charge in [-0.1, -0.05) is 18.2 Å². The van der Waals surface area contributed by atoms with Gasteiger partial charge in [0.25, 0.3) is 0 Å². The van der Waals surface area contributed by atoms with E-state index in [2.05, 4.69) is 9.97 Å². The number of amides is 1. The first-order chi connectivity index (χ1) is 13.3. The minimum atomic E-state index is -4.39. The first kappa shape index (κ1) is 19.6. The molecule has 0 saturated heterocycles. The van der Waals surface area contributed by atoms with Crippen molar-refractivity contribution in [1.82, 2.24) is 19.4 Å². The van der Waals surface area contributed by atoms with E-state index < -0.39 is 11.7 Å². The van der Waals surface area contributed by atoms with Gasteiger partial charge < -0.3 is 9.47 Å². The van der Waals surface area contributed by atoms with E-state index in [-0.39, 0.29) is 19.0 Å². The first-order valence-corrected chi connectivity index (χ1v) is 8.63. The third kappa shape index (κ3) is 4.97. The number of carbonyl (C=O) groups is 1. The van der Waals surface area contributed by atoms with Gasteiger partial charge in [-0.3, -0.25) is 9.78 Å². The van der Waals surface area contributed by atoms with Gasteiger partial charge >= 0.3 is 6.18 Å². The lowest BCUT2D eigenvalue weighted by atomic mass is 10.1. The molecule has 0 aliphatic rings. The van der Waals surface area contributed by atoms with Crippen molar-refractivity contribution < 1.29 is 18.0 Å². The van der Waals surface area contributed by atoms with Crippen LogP contribution in [0.1, 0.15) is 29.4 Å². The SMILES string of the molecule is CC(=O)N(Cc1cccnc1)Cc1nccn1Cc1cccc(C(F)(F)F)c1. The number of alkyl halides is 3. The van der Waals surface area contributed by atoms with Gasteiger partial charge in [0.05, 0.1) is 12.1 Å². The Morgan fingerprint density at radius 1 is 1.11 bits per heavy atom. The quantitative estimate of drug-likeness (QED) is 0.644. The summed E-state index contributed by atoms with van der Waals surface area (Å²) in [6.07, 6.45) is 2.22. The average molecular weight is 388 g/mol. The molecule has 1 amide bonds. The molecular formula is C20H19F3N4O. The summed E-state index contributed by atoms with van der Waals surface area (Å²) in [7, 11) is 0. The van der Waals surface area contributed by atoms with Crippen molar-refractivity contribution in [3.8, 4) is 0 Å². The topological polar surface area (TPSA) is 51.0 Å². The van der Waals surface area contributed by atoms with Crippen LogP contribution in [0.2, 0.25) is 0 Å². The summed E-state index contributed by atoms with van der Waals surface area (Å²) < 4.78 is 40.5. The predicted octanol–water partition coefficient (Wildman–Crippen LogP) is 3.89. The number of benzene rings is 1. The maximum absolute atomic E-state index is 12.9. The average Bonchev–Trinajstić information content (AvgIpc) is 3.08. The summed E-state index contributed by atoms with van der Waals surface area (Å²) >= 11 is 0. The Balaban J connectivity index is 1.76. The zero-order valence-electron chi connectivity index (χ0n) is 15.2. The molecule has 146 valence electrons. The zero-order valence-corrected chi connectivity index (χ0v) is 15.2. The summed E-state index contributed by atoms with van der Waals surface area (Å²) in [5.41, 5.74) is 0.706. The second-order valence-electron chi connectivity index (χ2n) is 6.41. The van der Waals surface area contributed by atoms with Crippen LogP contribution in [0, 0.1) is 0 Å². The predicted molar refractivity (Wildman–Crippen MR) is 96.9 cm³/mol. The molecule has 3 aromatic rings. The van der Waals surface area contributed by atoms with E-state index in [0.717, 1.165) is 17.7 Å². The van der Waals surface area contributed by atoms with Crippen LogP contribution in [0.4, 0.5) is 13.2 Å². The van der Waals surface area contributed by atoms with E-state index in [1.165, 1.54) is 13.0 Å². The molecule has 0 aliphatic carbocycles. The molecule has 5 nitrogen and oxygen atoms in total. The van der Waals surface area contributed by atoms with Crippen molar-refractivity contribution >= 4 is 5.91 Å². The van der Waals surface area contributed by atoms with Crippen molar-refractivity contribution in [3.63, 3.8) is 0 Å². The molecule has 0 radical (unpaired) electrons. The highest BCUT2D eigenvalue weighted by Crippen LogP contribution is 2.29. The molecule has 0 fully saturated rings. The van der Waals surface area contributed by atoms with E-state index in [1.54, 1.807) is 46.4 Å². The number of imidazole rings is 1. The molecule has 0 spiro atoms. The Kier molecular flexibility index (Phi) is 5.77. The second-order valence-corrected chi connectivity index (χ2v) is 6.41. The molecule has 1 aromatic carbocycles. The van der Waals surface area contributed by atoms with Crippen LogP contribution >= 0.6 is 0 Å². The van der Waals surface area contributed by atoms with Gasteiger partial charge in [0.1, 0.15) is 5.82 Å². The van der Waals surface area contributed by atoms with Crippen molar-refractivity contribution in [2.75, 3.05) is 0 Å². The number of aromatic nitrogens is 3. The van der Waals surface area contributed by atoms with Gasteiger partial charge in [-0.05, 0) is 29.3 Å². The highest BCUT2D eigenvalue weighted by atomic mass is 19.4. The fraction of sp³-hybridized carbons (Fsp3) is 0.250. The van der Waals surface area contributed by atoms with Crippen molar-refractivity contribution in [1.29, 1.82) is 0 Å². The third-order valence-electron chi connectivity index (χ3n) is 4.28. The summed E-state index contributed by atoms with van der Waals surface area (Å²) in [6, 6.07) is 8.86. The van der Waals surface area contributed by atoms with Crippen LogP contribution < -0.4 is 0 Å². The third-order valence-corrected chi connectivity index (χ3v) is 4.28. The Bertz CT molecular complexity index is 938. The van der Waals surface area contributed by atoms with Crippen molar-refractivity contribution in [2.24, 2.45) is 0 Å². The van der Waals surface area contributed by atoms with E-state index in [9.17, 15) is 18.0 Å². The number of rotatable bonds is 6. The number of carbonyl (C=O) groups excluding carboxylic acids is 1. The standard InChI is InChI=1S/C20H19F3N4O/c1-15(28)27(13-17-5-3-7-24-11-17)14-19-25-8-9-26(19)12-16-4-2-6-18(10-16)20(21,22)23/h2-11H,12-14H2,1H3. The largest absolute Gasteiger partial charge is 0.416 e. The highest BCUT2D eigenvalue weighted by molar-refractivity contribution is 5.73. The fourth-order valence-electron chi connectivity index (χ4n) is 2.84. The summed E-state index contributed by atoms with van der Waals surface area (Å²) in [5.74, 6) is 0.467. The molecule has 2 heterocycles. The second kappa shape index (κ2) is 8.24. The minimum absolute atomic E-state index is 0.127. The van der Waals surface area contributed by atoms with Crippen molar-refractivity contribution in [2.45, 2.75) is 32.7 Å². The molecule has 0 unspecified atom stereocenters. The van der Waals surface area contributed by atoms with Gasteiger partial charge in [0, 0.05) is 44.8 Å². The van der Waals surface area contributed by atoms with Gasteiger partial charge in [-0.2, -0.15) is 13.2 Å². The van der Waals surface area contributed by atoms with Crippen LogP contribution in [-0.4, -0.2) is 25.3 Å². The van der Waals surface area contributed by atoms with Crippen LogP contribution in [0.15, 0.2) is 61.2 Å². The lowest BCUT2D eigenvalue weighted by Crippen LogP contribution is -2.29. The summed E-state index contributed by atoms with van der Waals surface area (Å²) in [6.45, 7) is 2.32. The Morgan fingerprint density at radius 3 is 2.57 bits per heavy atom. The zero-order chi connectivity index (χ0) is 20.1. The molecule has 3 rings (SSSR count). The van der Waals surface area contributed by atoms with Gasteiger partial charge in [0.15, 0.2) is 0 Å². The van der Waals surface area contributed by atoms with E-state index >= 15 is 0 Å². The molecule has 0 N–H and O–H groups in total. The van der Waals surface area contributed by atoms with Crippen molar-refractivity contribution in [3.05, 3.63) is 83.7 Å². The lowest BCUT2D eigenvalue weighted by Gasteiger charge is -2.21.